The van der Waals surface area contributed by atoms with Gasteiger partial charge < -0.3 is 15.4 Å². The smallest absolute Gasteiger partial charge is 0.407 e. The number of hydrogen-bond acceptors (Lipinski definition) is 3. The lowest BCUT2D eigenvalue weighted by Gasteiger charge is -2.08. The molecule has 2 amide bonds. The van der Waals surface area contributed by atoms with Gasteiger partial charge in [-0.15, -0.1) is 0 Å². The molecule has 1 heterocycles. The van der Waals surface area contributed by atoms with Crippen molar-refractivity contribution in [3.05, 3.63) is 35.9 Å². The van der Waals surface area contributed by atoms with Crippen LogP contribution >= 0.6 is 0 Å². The third-order valence-electron chi connectivity index (χ3n) is 2.30. The standard InChI is InChI=1S/C11H12N2O3/c14-10(9-7-16-11(15)13-9)12-6-8-4-2-1-3-5-8/h1-5,9H,6-7H2,(H,12,14)(H,13,15). The number of hydrogen-bond donors (Lipinski definition) is 2. The first-order valence-electron chi connectivity index (χ1n) is 5.00. The molecule has 1 aliphatic rings. The van der Waals surface area contributed by atoms with Gasteiger partial charge in [0.15, 0.2) is 0 Å². The van der Waals surface area contributed by atoms with Crippen LogP contribution in [0.1, 0.15) is 5.56 Å². The Morgan fingerprint density at radius 3 is 2.81 bits per heavy atom. The summed E-state index contributed by atoms with van der Waals surface area (Å²) in [5, 5.41) is 5.14. The van der Waals surface area contributed by atoms with Crippen molar-refractivity contribution >= 4 is 12.0 Å². The van der Waals surface area contributed by atoms with E-state index in [1.54, 1.807) is 0 Å². The van der Waals surface area contributed by atoms with E-state index in [9.17, 15) is 9.59 Å². The summed E-state index contributed by atoms with van der Waals surface area (Å²) in [6.07, 6.45) is -0.542. The molecule has 2 rings (SSSR count). The maximum absolute atomic E-state index is 11.6. The number of cyclic esters (lactones) is 1. The second-order valence-corrected chi connectivity index (χ2v) is 3.50. The minimum absolute atomic E-state index is 0.0967. The largest absolute Gasteiger partial charge is 0.447 e. The first kappa shape index (κ1) is 10.5. The van der Waals surface area contributed by atoms with Crippen molar-refractivity contribution in [1.82, 2.24) is 10.6 Å². The average Bonchev–Trinajstić information content (AvgIpc) is 2.74. The molecule has 0 aromatic heterocycles. The quantitative estimate of drug-likeness (QED) is 0.775. The van der Waals surface area contributed by atoms with Crippen LogP contribution in [0.25, 0.3) is 0 Å². The topological polar surface area (TPSA) is 67.4 Å². The van der Waals surface area contributed by atoms with Gasteiger partial charge in [0.05, 0.1) is 0 Å². The molecule has 1 saturated heterocycles. The molecule has 1 unspecified atom stereocenters. The van der Waals surface area contributed by atoms with E-state index in [1.165, 1.54) is 0 Å². The highest BCUT2D eigenvalue weighted by molar-refractivity contribution is 5.87. The van der Waals surface area contributed by atoms with Crippen LogP contribution in [0.3, 0.4) is 0 Å². The number of carbonyl (C=O) groups excluding carboxylic acids is 2. The molecule has 0 aliphatic carbocycles. The zero-order valence-corrected chi connectivity index (χ0v) is 8.60. The lowest BCUT2D eigenvalue weighted by molar-refractivity contribution is -0.122. The lowest BCUT2D eigenvalue weighted by Crippen LogP contribution is -2.42. The van der Waals surface area contributed by atoms with Crippen LogP contribution in [0.4, 0.5) is 4.79 Å². The van der Waals surface area contributed by atoms with Crippen molar-refractivity contribution in [2.24, 2.45) is 0 Å². The third-order valence-corrected chi connectivity index (χ3v) is 2.30. The predicted octanol–water partition coefficient (Wildman–Crippen LogP) is 0.411. The summed E-state index contributed by atoms with van der Waals surface area (Å²) in [4.78, 5) is 22.3. The fourth-order valence-corrected chi connectivity index (χ4v) is 1.43. The van der Waals surface area contributed by atoms with E-state index in [0.29, 0.717) is 6.54 Å². The van der Waals surface area contributed by atoms with Gasteiger partial charge in [-0.25, -0.2) is 4.79 Å². The summed E-state index contributed by atoms with van der Waals surface area (Å²) in [5.74, 6) is -0.227. The Morgan fingerprint density at radius 1 is 1.44 bits per heavy atom. The van der Waals surface area contributed by atoms with Crippen molar-refractivity contribution < 1.29 is 14.3 Å². The highest BCUT2D eigenvalue weighted by Crippen LogP contribution is 2.00. The van der Waals surface area contributed by atoms with Gasteiger partial charge in [-0.3, -0.25) is 4.79 Å². The molecule has 1 fully saturated rings. The number of rotatable bonds is 3. The molecular formula is C11H12N2O3. The summed E-state index contributed by atoms with van der Waals surface area (Å²) in [6, 6.07) is 8.99. The number of alkyl carbamates (subject to hydrolysis) is 1. The SMILES string of the molecule is O=C1NC(C(=O)NCc2ccccc2)CO1. The Morgan fingerprint density at radius 2 is 2.19 bits per heavy atom. The van der Waals surface area contributed by atoms with Gasteiger partial charge in [0.25, 0.3) is 0 Å². The average molecular weight is 220 g/mol. The third kappa shape index (κ3) is 2.50. The summed E-state index contributed by atoms with van der Waals surface area (Å²) < 4.78 is 4.63. The van der Waals surface area contributed by atoms with E-state index in [2.05, 4.69) is 15.4 Å². The maximum Gasteiger partial charge on any atom is 0.407 e. The van der Waals surface area contributed by atoms with Gasteiger partial charge >= 0.3 is 6.09 Å². The van der Waals surface area contributed by atoms with Crippen molar-refractivity contribution in [3.63, 3.8) is 0 Å². The number of benzene rings is 1. The van der Waals surface area contributed by atoms with E-state index >= 15 is 0 Å². The van der Waals surface area contributed by atoms with Gasteiger partial charge in [-0.05, 0) is 5.56 Å². The number of ether oxygens (including phenoxy) is 1. The maximum atomic E-state index is 11.6. The van der Waals surface area contributed by atoms with Crippen molar-refractivity contribution in [2.75, 3.05) is 6.61 Å². The van der Waals surface area contributed by atoms with E-state index in [0.717, 1.165) is 5.56 Å². The minimum Gasteiger partial charge on any atom is -0.447 e. The Labute approximate surface area is 92.8 Å². The molecule has 0 radical (unpaired) electrons. The first-order valence-corrected chi connectivity index (χ1v) is 5.00. The molecule has 0 spiro atoms. The zero-order chi connectivity index (χ0) is 11.4. The van der Waals surface area contributed by atoms with E-state index in [1.807, 2.05) is 30.3 Å². The zero-order valence-electron chi connectivity index (χ0n) is 8.60. The van der Waals surface area contributed by atoms with E-state index in [-0.39, 0.29) is 12.5 Å². The molecule has 1 aliphatic heterocycles. The predicted molar refractivity (Wildman–Crippen MR) is 56.6 cm³/mol. The second-order valence-electron chi connectivity index (χ2n) is 3.50. The molecule has 84 valence electrons. The summed E-state index contributed by atoms with van der Waals surface area (Å²) >= 11 is 0. The van der Waals surface area contributed by atoms with Gasteiger partial charge in [0.1, 0.15) is 12.6 Å². The Kier molecular flexibility index (Phi) is 3.05. The molecule has 5 heteroatoms. The summed E-state index contributed by atoms with van der Waals surface area (Å²) in [5.41, 5.74) is 1.01. The molecule has 0 saturated carbocycles. The molecule has 0 bridgehead atoms. The lowest BCUT2D eigenvalue weighted by atomic mass is 10.2. The van der Waals surface area contributed by atoms with E-state index in [4.69, 9.17) is 0 Å². The van der Waals surface area contributed by atoms with Gasteiger partial charge in [0.2, 0.25) is 5.91 Å². The molecule has 16 heavy (non-hydrogen) atoms. The Balaban J connectivity index is 1.82. The van der Waals surface area contributed by atoms with Crippen LogP contribution in [0.5, 0.6) is 0 Å². The molecule has 1 aromatic carbocycles. The fraction of sp³-hybridized carbons (Fsp3) is 0.273. The van der Waals surface area contributed by atoms with Crippen LogP contribution in [0.2, 0.25) is 0 Å². The van der Waals surface area contributed by atoms with Gasteiger partial charge in [-0.1, -0.05) is 30.3 Å². The molecule has 1 aromatic rings. The molecule has 5 nitrogen and oxygen atoms in total. The summed E-state index contributed by atoms with van der Waals surface area (Å²) in [7, 11) is 0. The van der Waals surface area contributed by atoms with Gasteiger partial charge in [-0.2, -0.15) is 0 Å². The van der Waals surface area contributed by atoms with Crippen LogP contribution in [-0.2, 0) is 16.1 Å². The number of nitrogens with one attached hydrogen (secondary N) is 2. The highest BCUT2D eigenvalue weighted by atomic mass is 16.6. The Bertz CT molecular complexity index is 391. The molecular weight excluding hydrogens is 208 g/mol. The van der Waals surface area contributed by atoms with Crippen molar-refractivity contribution in [3.8, 4) is 0 Å². The number of amides is 2. The summed E-state index contributed by atoms with van der Waals surface area (Å²) in [6.45, 7) is 0.547. The fourth-order valence-electron chi connectivity index (χ4n) is 1.43. The molecule has 2 N–H and O–H groups in total. The highest BCUT2D eigenvalue weighted by Gasteiger charge is 2.28. The first-order chi connectivity index (χ1) is 7.75. The second kappa shape index (κ2) is 4.65. The van der Waals surface area contributed by atoms with Crippen LogP contribution in [-0.4, -0.2) is 24.6 Å². The van der Waals surface area contributed by atoms with Gasteiger partial charge in [0, 0.05) is 6.54 Å². The van der Waals surface area contributed by atoms with Crippen LogP contribution in [0, 0.1) is 0 Å². The van der Waals surface area contributed by atoms with Crippen LogP contribution in [0.15, 0.2) is 30.3 Å². The van der Waals surface area contributed by atoms with E-state index < -0.39 is 12.1 Å². The monoisotopic (exact) mass is 220 g/mol. The molecule has 1 atom stereocenters. The van der Waals surface area contributed by atoms with Crippen molar-refractivity contribution in [1.29, 1.82) is 0 Å². The van der Waals surface area contributed by atoms with Crippen molar-refractivity contribution in [2.45, 2.75) is 12.6 Å². The van der Waals surface area contributed by atoms with Crippen LogP contribution < -0.4 is 10.6 Å². The Hall–Kier alpha value is -2.04. The normalized spacial score (nSPS) is 18.8. The minimum atomic E-state index is -0.573. The number of carbonyl (C=O) groups is 2.